The van der Waals surface area contributed by atoms with Gasteiger partial charge in [-0.3, -0.25) is 4.79 Å². The number of hydrogen-bond acceptors (Lipinski definition) is 5. The molecule has 0 atom stereocenters. The van der Waals surface area contributed by atoms with Crippen molar-refractivity contribution in [2.45, 2.75) is 9.79 Å². The van der Waals surface area contributed by atoms with Crippen LogP contribution in [0.4, 0.5) is 5.69 Å². The van der Waals surface area contributed by atoms with Gasteiger partial charge in [0.2, 0.25) is 0 Å². The lowest BCUT2D eigenvalue weighted by molar-refractivity contribution is 0.103. The Hall–Kier alpha value is -1.31. The van der Waals surface area contributed by atoms with Gasteiger partial charge in [0.05, 0.1) is 9.77 Å². The minimum absolute atomic E-state index is 0.222. The number of nitrogens with one attached hydrogen (secondary N) is 1. The van der Waals surface area contributed by atoms with Crippen molar-refractivity contribution in [3.05, 3.63) is 40.6 Å². The average molecular weight is 313 g/mol. The lowest BCUT2D eigenvalue weighted by Gasteiger charge is -2.04. The summed E-state index contributed by atoms with van der Waals surface area (Å²) in [7, 11) is -3.22. The normalized spacial score (nSPS) is 11.3. The van der Waals surface area contributed by atoms with Crippen LogP contribution in [0.3, 0.4) is 0 Å². The molecule has 0 saturated carbocycles. The molecule has 2 aromatic rings. The molecular formula is C12H11NO3S3. The van der Waals surface area contributed by atoms with Gasteiger partial charge in [-0.1, -0.05) is 0 Å². The first-order valence-corrected chi connectivity index (χ1v) is 8.47. The van der Waals surface area contributed by atoms with Crippen LogP contribution in [0.1, 0.15) is 9.67 Å². The van der Waals surface area contributed by atoms with E-state index in [1.165, 1.54) is 23.5 Å². The van der Waals surface area contributed by atoms with E-state index in [-0.39, 0.29) is 10.8 Å². The molecule has 1 N–H and O–H groups in total. The van der Waals surface area contributed by atoms with E-state index in [9.17, 15) is 13.2 Å². The first-order chi connectivity index (χ1) is 8.86. The summed E-state index contributed by atoms with van der Waals surface area (Å²) in [5.74, 6) is -0.239. The number of carbonyl (C=O) groups excluding carboxylic acids is 1. The summed E-state index contributed by atoms with van der Waals surface area (Å²) in [6, 6.07) is 7.72. The highest BCUT2D eigenvalue weighted by Gasteiger charge is 2.10. The van der Waals surface area contributed by atoms with E-state index in [0.717, 1.165) is 11.2 Å². The number of thiol groups is 1. The summed E-state index contributed by atoms with van der Waals surface area (Å²) >= 11 is 5.43. The van der Waals surface area contributed by atoms with Crippen LogP contribution in [-0.4, -0.2) is 20.6 Å². The Morgan fingerprint density at radius 2 is 1.89 bits per heavy atom. The van der Waals surface area contributed by atoms with Crippen LogP contribution in [0.2, 0.25) is 0 Å². The predicted molar refractivity (Wildman–Crippen MR) is 79.1 cm³/mol. The summed E-state index contributed by atoms with van der Waals surface area (Å²) in [6.07, 6.45) is 1.14. The number of sulfone groups is 1. The van der Waals surface area contributed by atoms with E-state index in [4.69, 9.17) is 0 Å². The SMILES string of the molecule is CS(=O)(=O)c1ccc(NC(=O)c2cc(S)cs2)cc1. The number of carbonyl (C=O) groups is 1. The van der Waals surface area contributed by atoms with E-state index in [1.54, 1.807) is 23.6 Å². The number of anilines is 1. The molecule has 0 unspecified atom stereocenters. The summed E-state index contributed by atoms with van der Waals surface area (Å²) in [5, 5.41) is 4.46. The fourth-order valence-corrected chi connectivity index (χ4v) is 3.10. The van der Waals surface area contributed by atoms with Gasteiger partial charge in [0.25, 0.3) is 5.91 Å². The van der Waals surface area contributed by atoms with Crippen LogP contribution in [0.15, 0.2) is 45.5 Å². The Bertz CT molecular complexity index is 702. The molecule has 0 aliphatic carbocycles. The second-order valence-corrected chi connectivity index (χ2v) is 7.36. The number of rotatable bonds is 3. The first kappa shape index (κ1) is 14.1. The van der Waals surface area contributed by atoms with Gasteiger partial charge in [0, 0.05) is 22.2 Å². The van der Waals surface area contributed by atoms with Crippen LogP contribution in [-0.2, 0) is 9.84 Å². The molecule has 1 heterocycles. The fourth-order valence-electron chi connectivity index (χ4n) is 1.42. The van der Waals surface area contributed by atoms with Crippen LogP contribution in [0.25, 0.3) is 0 Å². The minimum Gasteiger partial charge on any atom is -0.321 e. The molecule has 2 rings (SSSR count). The van der Waals surface area contributed by atoms with Gasteiger partial charge in [0.15, 0.2) is 9.84 Å². The first-order valence-electron chi connectivity index (χ1n) is 5.25. The zero-order valence-electron chi connectivity index (χ0n) is 9.95. The van der Waals surface area contributed by atoms with Crippen molar-refractivity contribution < 1.29 is 13.2 Å². The van der Waals surface area contributed by atoms with E-state index in [0.29, 0.717) is 10.6 Å². The van der Waals surface area contributed by atoms with E-state index < -0.39 is 9.84 Å². The molecule has 7 heteroatoms. The largest absolute Gasteiger partial charge is 0.321 e. The van der Waals surface area contributed by atoms with Crippen molar-refractivity contribution in [3.8, 4) is 0 Å². The third-order valence-electron chi connectivity index (χ3n) is 2.35. The summed E-state index contributed by atoms with van der Waals surface area (Å²) in [4.78, 5) is 13.4. The maximum atomic E-state index is 11.9. The third kappa shape index (κ3) is 3.59. The molecular weight excluding hydrogens is 302 g/mol. The van der Waals surface area contributed by atoms with Crippen molar-refractivity contribution in [1.82, 2.24) is 0 Å². The quantitative estimate of drug-likeness (QED) is 0.856. The smallest absolute Gasteiger partial charge is 0.265 e. The molecule has 19 heavy (non-hydrogen) atoms. The highest BCUT2D eigenvalue weighted by atomic mass is 32.2. The second kappa shape index (κ2) is 5.36. The molecule has 0 aliphatic heterocycles. The standard InChI is InChI=1S/C12H11NO3S3/c1-19(15,16)10-4-2-8(3-5-10)13-12(14)11-6-9(17)7-18-11/h2-7,17H,1H3,(H,13,14). The molecule has 0 spiro atoms. The van der Waals surface area contributed by atoms with Gasteiger partial charge in [-0.05, 0) is 30.3 Å². The Labute approximate surface area is 120 Å². The van der Waals surface area contributed by atoms with Gasteiger partial charge in [-0.15, -0.1) is 24.0 Å². The summed E-state index contributed by atoms with van der Waals surface area (Å²) in [6.45, 7) is 0. The Balaban J connectivity index is 2.14. The lowest BCUT2D eigenvalue weighted by atomic mass is 10.3. The second-order valence-electron chi connectivity index (χ2n) is 3.92. The van der Waals surface area contributed by atoms with E-state index in [2.05, 4.69) is 17.9 Å². The van der Waals surface area contributed by atoms with Gasteiger partial charge in [-0.25, -0.2) is 8.42 Å². The summed E-state index contributed by atoms with van der Waals surface area (Å²) in [5.41, 5.74) is 0.548. The zero-order chi connectivity index (χ0) is 14.0. The fraction of sp³-hybridized carbons (Fsp3) is 0.0833. The van der Waals surface area contributed by atoms with Gasteiger partial charge >= 0.3 is 0 Å². The average Bonchev–Trinajstić information content (AvgIpc) is 2.75. The monoisotopic (exact) mass is 313 g/mol. The zero-order valence-corrected chi connectivity index (χ0v) is 12.5. The molecule has 0 fully saturated rings. The molecule has 1 amide bonds. The molecule has 0 bridgehead atoms. The molecule has 0 aliphatic rings. The summed E-state index contributed by atoms with van der Waals surface area (Å²) < 4.78 is 22.6. The Morgan fingerprint density at radius 3 is 2.37 bits per heavy atom. The molecule has 1 aromatic carbocycles. The number of amides is 1. The Kier molecular flexibility index (Phi) is 3.98. The Morgan fingerprint density at radius 1 is 1.26 bits per heavy atom. The molecule has 100 valence electrons. The van der Waals surface area contributed by atoms with Crippen LogP contribution in [0.5, 0.6) is 0 Å². The van der Waals surface area contributed by atoms with Gasteiger partial charge < -0.3 is 5.32 Å². The molecule has 0 radical (unpaired) electrons. The van der Waals surface area contributed by atoms with Crippen molar-refractivity contribution in [2.24, 2.45) is 0 Å². The van der Waals surface area contributed by atoms with Crippen molar-refractivity contribution in [1.29, 1.82) is 0 Å². The number of hydrogen-bond donors (Lipinski definition) is 2. The predicted octanol–water partition coefficient (Wildman–Crippen LogP) is 2.69. The van der Waals surface area contributed by atoms with Crippen LogP contribution >= 0.6 is 24.0 Å². The highest BCUT2D eigenvalue weighted by molar-refractivity contribution is 7.90. The van der Waals surface area contributed by atoms with Crippen LogP contribution < -0.4 is 5.32 Å². The minimum atomic E-state index is -3.22. The highest BCUT2D eigenvalue weighted by Crippen LogP contribution is 2.20. The number of benzene rings is 1. The van der Waals surface area contributed by atoms with Crippen LogP contribution in [0, 0.1) is 0 Å². The van der Waals surface area contributed by atoms with Gasteiger partial charge in [-0.2, -0.15) is 0 Å². The van der Waals surface area contributed by atoms with E-state index >= 15 is 0 Å². The number of thiophene rings is 1. The van der Waals surface area contributed by atoms with Gasteiger partial charge in [0.1, 0.15) is 0 Å². The van der Waals surface area contributed by atoms with Crippen molar-refractivity contribution >= 4 is 45.4 Å². The molecule has 1 aromatic heterocycles. The van der Waals surface area contributed by atoms with Crippen molar-refractivity contribution in [3.63, 3.8) is 0 Å². The van der Waals surface area contributed by atoms with E-state index in [1.807, 2.05) is 0 Å². The van der Waals surface area contributed by atoms with Crippen molar-refractivity contribution in [2.75, 3.05) is 11.6 Å². The molecule has 4 nitrogen and oxygen atoms in total. The third-order valence-corrected chi connectivity index (χ3v) is 4.84. The topological polar surface area (TPSA) is 63.2 Å². The molecule has 0 saturated heterocycles. The maximum Gasteiger partial charge on any atom is 0.265 e. The maximum absolute atomic E-state index is 11.9. The lowest BCUT2D eigenvalue weighted by Crippen LogP contribution is -2.10.